The zero-order chi connectivity index (χ0) is 22.3. The average molecular weight is 444 g/mol. The van der Waals surface area contributed by atoms with Crippen LogP contribution >= 0.6 is 0 Å². The molecule has 0 saturated heterocycles. The Labute approximate surface area is 161 Å². The predicted octanol–water partition coefficient (Wildman–Crippen LogP) is 4.57. The standard InChI is InChI=1S/C16H14F6N2O4S/c1-14(2,3)27-12-8-9(28-29(25,26)16(20,21)22)7-11(24-12)10-5-4-6-23-13(10)15(17,18)19/h4-8H,1-3H3. The van der Waals surface area contributed by atoms with Gasteiger partial charge in [-0.05, 0) is 32.9 Å². The van der Waals surface area contributed by atoms with Crippen LogP contribution in [0.15, 0.2) is 30.5 Å². The molecule has 0 spiro atoms. The number of hydrogen-bond donors (Lipinski definition) is 0. The number of aromatic nitrogens is 2. The first-order valence-electron chi connectivity index (χ1n) is 7.74. The third kappa shape index (κ3) is 5.71. The van der Waals surface area contributed by atoms with Gasteiger partial charge < -0.3 is 8.92 Å². The first-order chi connectivity index (χ1) is 13.0. The van der Waals surface area contributed by atoms with Gasteiger partial charge in [-0.1, -0.05) is 0 Å². The minimum absolute atomic E-state index is 0.445. The van der Waals surface area contributed by atoms with Crippen LogP contribution in [0.4, 0.5) is 26.3 Å². The van der Waals surface area contributed by atoms with Gasteiger partial charge in [-0.25, -0.2) is 4.98 Å². The van der Waals surface area contributed by atoms with Gasteiger partial charge in [0.2, 0.25) is 5.88 Å². The van der Waals surface area contributed by atoms with Gasteiger partial charge in [0.25, 0.3) is 0 Å². The highest BCUT2D eigenvalue weighted by atomic mass is 32.2. The van der Waals surface area contributed by atoms with Gasteiger partial charge in [-0.15, -0.1) is 0 Å². The third-order valence-corrected chi connectivity index (χ3v) is 4.01. The molecule has 0 atom stereocenters. The molecule has 6 nitrogen and oxygen atoms in total. The second-order valence-electron chi connectivity index (χ2n) is 6.62. The van der Waals surface area contributed by atoms with Crippen LogP contribution in [0.1, 0.15) is 26.5 Å². The molecular weight excluding hydrogens is 430 g/mol. The molecule has 160 valence electrons. The second kappa shape index (κ2) is 7.35. The molecule has 13 heteroatoms. The van der Waals surface area contributed by atoms with Crippen molar-refractivity contribution in [2.24, 2.45) is 0 Å². The molecule has 0 radical (unpaired) electrons. The minimum Gasteiger partial charge on any atom is -0.472 e. The van der Waals surface area contributed by atoms with Crippen LogP contribution in [-0.2, 0) is 16.3 Å². The molecule has 0 amide bonds. The first kappa shape index (κ1) is 22.7. The molecule has 2 aromatic heterocycles. The first-order valence-corrected chi connectivity index (χ1v) is 9.15. The highest BCUT2D eigenvalue weighted by molar-refractivity contribution is 7.88. The summed E-state index contributed by atoms with van der Waals surface area (Å²) in [5.41, 5.74) is -9.21. The predicted molar refractivity (Wildman–Crippen MR) is 88.5 cm³/mol. The van der Waals surface area contributed by atoms with Crippen molar-refractivity contribution >= 4 is 10.1 Å². The van der Waals surface area contributed by atoms with E-state index in [-0.39, 0.29) is 0 Å². The number of alkyl halides is 6. The Morgan fingerprint density at radius 1 is 1.00 bits per heavy atom. The summed E-state index contributed by atoms with van der Waals surface area (Å²) < 4.78 is 110. The fraction of sp³-hybridized carbons (Fsp3) is 0.375. The van der Waals surface area contributed by atoms with E-state index in [9.17, 15) is 34.8 Å². The summed E-state index contributed by atoms with van der Waals surface area (Å²) in [6.07, 6.45) is -4.04. The summed E-state index contributed by atoms with van der Waals surface area (Å²) >= 11 is 0. The molecule has 0 N–H and O–H groups in total. The van der Waals surface area contributed by atoms with Crippen LogP contribution < -0.4 is 8.92 Å². The normalized spacial score (nSPS) is 13.3. The number of nitrogens with zero attached hydrogens (tertiary/aromatic N) is 2. The molecule has 0 unspecified atom stereocenters. The summed E-state index contributed by atoms with van der Waals surface area (Å²) in [5, 5.41) is 0. The summed E-state index contributed by atoms with van der Waals surface area (Å²) in [4.78, 5) is 7.07. The van der Waals surface area contributed by atoms with E-state index in [0.29, 0.717) is 6.07 Å². The average Bonchev–Trinajstić information content (AvgIpc) is 2.50. The van der Waals surface area contributed by atoms with Gasteiger partial charge >= 0.3 is 21.8 Å². The van der Waals surface area contributed by atoms with Crippen LogP contribution in [0, 0.1) is 0 Å². The molecule has 29 heavy (non-hydrogen) atoms. The fourth-order valence-corrected chi connectivity index (χ4v) is 2.49. The number of ether oxygens (including phenoxy) is 1. The van der Waals surface area contributed by atoms with Gasteiger partial charge in [0.15, 0.2) is 11.4 Å². The SMILES string of the molecule is CC(C)(C)Oc1cc(OS(=O)(=O)C(F)(F)F)cc(-c2cccnc2C(F)(F)F)n1. The fourth-order valence-electron chi connectivity index (χ4n) is 2.05. The number of halogens is 6. The smallest absolute Gasteiger partial charge is 0.472 e. The topological polar surface area (TPSA) is 78.4 Å². The van der Waals surface area contributed by atoms with E-state index in [1.807, 2.05) is 0 Å². The molecule has 0 aliphatic rings. The third-order valence-electron chi connectivity index (χ3n) is 3.03. The van der Waals surface area contributed by atoms with E-state index in [1.54, 1.807) is 20.8 Å². The molecular formula is C16H14F6N2O4S. The van der Waals surface area contributed by atoms with Crippen LogP contribution in [0.3, 0.4) is 0 Å². The highest BCUT2D eigenvalue weighted by Crippen LogP contribution is 2.37. The van der Waals surface area contributed by atoms with Crippen molar-refractivity contribution in [2.75, 3.05) is 0 Å². The molecule has 2 aromatic rings. The minimum atomic E-state index is -6.07. The molecule has 0 saturated carbocycles. The lowest BCUT2D eigenvalue weighted by Crippen LogP contribution is -2.28. The molecule has 0 bridgehead atoms. The van der Waals surface area contributed by atoms with Crippen molar-refractivity contribution < 1.29 is 43.7 Å². The van der Waals surface area contributed by atoms with E-state index in [2.05, 4.69) is 14.2 Å². The van der Waals surface area contributed by atoms with E-state index in [4.69, 9.17) is 4.74 Å². The Balaban J connectivity index is 2.67. The maximum absolute atomic E-state index is 13.2. The second-order valence-corrected chi connectivity index (χ2v) is 8.16. The van der Waals surface area contributed by atoms with Gasteiger partial charge in [0, 0.05) is 23.9 Å². The molecule has 0 fully saturated rings. The van der Waals surface area contributed by atoms with Gasteiger partial charge in [-0.3, -0.25) is 4.98 Å². The summed E-state index contributed by atoms with van der Waals surface area (Å²) in [5.74, 6) is -1.37. The molecule has 0 aromatic carbocycles. The molecule has 0 aliphatic carbocycles. The van der Waals surface area contributed by atoms with Crippen molar-refractivity contribution in [1.29, 1.82) is 0 Å². The Morgan fingerprint density at radius 2 is 1.62 bits per heavy atom. The lowest BCUT2D eigenvalue weighted by molar-refractivity contribution is -0.140. The van der Waals surface area contributed by atoms with Crippen LogP contribution in [-0.4, -0.2) is 29.5 Å². The maximum Gasteiger partial charge on any atom is 0.534 e. The van der Waals surface area contributed by atoms with E-state index in [1.165, 1.54) is 0 Å². The van der Waals surface area contributed by atoms with Crippen LogP contribution in [0.5, 0.6) is 11.6 Å². The highest BCUT2D eigenvalue weighted by Gasteiger charge is 2.48. The summed E-state index contributed by atoms with van der Waals surface area (Å²) in [6, 6.07) is 3.46. The maximum atomic E-state index is 13.2. The Hall–Kier alpha value is -2.57. The van der Waals surface area contributed by atoms with Crippen LogP contribution in [0.2, 0.25) is 0 Å². The van der Waals surface area contributed by atoms with Crippen molar-refractivity contribution in [3.63, 3.8) is 0 Å². The molecule has 2 heterocycles. The summed E-state index contributed by atoms with van der Waals surface area (Å²) in [7, 11) is -6.07. The lowest BCUT2D eigenvalue weighted by Gasteiger charge is -2.21. The van der Waals surface area contributed by atoms with Crippen molar-refractivity contribution in [3.05, 3.63) is 36.2 Å². The quantitative estimate of drug-likeness (QED) is 0.391. The number of pyridine rings is 2. The monoisotopic (exact) mass is 444 g/mol. The Kier molecular flexibility index (Phi) is 5.76. The van der Waals surface area contributed by atoms with Crippen molar-refractivity contribution in [3.8, 4) is 22.9 Å². The van der Waals surface area contributed by atoms with Crippen molar-refractivity contribution in [2.45, 2.75) is 38.1 Å². The van der Waals surface area contributed by atoms with Gasteiger partial charge in [0.1, 0.15) is 5.60 Å². The Bertz CT molecular complexity index is 998. The van der Waals surface area contributed by atoms with E-state index < -0.39 is 56.0 Å². The number of hydrogen-bond acceptors (Lipinski definition) is 6. The van der Waals surface area contributed by atoms with Crippen molar-refractivity contribution in [1.82, 2.24) is 9.97 Å². The van der Waals surface area contributed by atoms with Gasteiger partial charge in [0.05, 0.1) is 5.69 Å². The Morgan fingerprint density at radius 3 is 2.14 bits per heavy atom. The van der Waals surface area contributed by atoms with Crippen LogP contribution in [0.25, 0.3) is 11.3 Å². The van der Waals surface area contributed by atoms with Gasteiger partial charge in [-0.2, -0.15) is 34.8 Å². The zero-order valence-electron chi connectivity index (χ0n) is 15.1. The zero-order valence-corrected chi connectivity index (χ0v) is 15.9. The molecule has 2 rings (SSSR count). The molecule has 0 aliphatic heterocycles. The lowest BCUT2D eigenvalue weighted by atomic mass is 10.1. The largest absolute Gasteiger partial charge is 0.534 e. The summed E-state index contributed by atoms with van der Waals surface area (Å²) in [6.45, 7) is 4.62. The van der Waals surface area contributed by atoms with E-state index >= 15 is 0 Å². The van der Waals surface area contributed by atoms with E-state index in [0.717, 1.165) is 24.4 Å². The number of rotatable bonds is 4.